The second-order valence-corrected chi connectivity index (χ2v) is 10.7. The minimum absolute atomic E-state index is 0.162. The van der Waals surface area contributed by atoms with Crippen LogP contribution in [0.25, 0.3) is 0 Å². The van der Waals surface area contributed by atoms with Gasteiger partial charge in [-0.2, -0.15) is 0 Å². The Kier molecular flexibility index (Phi) is 6.42. The topological polar surface area (TPSA) is 63.7 Å². The lowest BCUT2D eigenvalue weighted by molar-refractivity contribution is -0.131. The average molecular weight is 372 g/mol. The molecule has 2 heterocycles. The number of rotatable bonds is 5. The van der Waals surface area contributed by atoms with E-state index in [0.29, 0.717) is 26.1 Å². The van der Waals surface area contributed by atoms with Crippen LogP contribution in [0.1, 0.15) is 71.1 Å². The smallest absolute Gasteiger partial charge is 0.240 e. The van der Waals surface area contributed by atoms with Gasteiger partial charge < -0.3 is 9.64 Å². The molecule has 2 atom stereocenters. The van der Waals surface area contributed by atoms with E-state index in [1.165, 1.54) is 32.1 Å². The molecule has 2 unspecified atom stereocenters. The van der Waals surface area contributed by atoms with E-state index in [2.05, 4.69) is 0 Å². The van der Waals surface area contributed by atoms with Gasteiger partial charge in [-0.25, -0.2) is 8.42 Å². The number of carbonyl (C=O) groups excluding carboxylic acids is 1. The number of sulfone groups is 1. The van der Waals surface area contributed by atoms with Gasteiger partial charge in [0.25, 0.3) is 0 Å². The maximum absolute atomic E-state index is 13.0. The van der Waals surface area contributed by atoms with E-state index in [4.69, 9.17) is 4.74 Å². The Labute approximate surface area is 152 Å². The fraction of sp³-hybridized carbons (Fsp3) is 0.947. The van der Waals surface area contributed by atoms with Crippen LogP contribution in [0, 0.1) is 5.92 Å². The van der Waals surface area contributed by atoms with Crippen molar-refractivity contribution in [1.29, 1.82) is 0 Å². The third-order valence-electron chi connectivity index (χ3n) is 6.46. The minimum atomic E-state index is -3.43. The highest BCUT2D eigenvalue weighted by Crippen LogP contribution is 2.33. The molecule has 0 aromatic rings. The van der Waals surface area contributed by atoms with Crippen LogP contribution >= 0.6 is 0 Å². The third kappa shape index (κ3) is 4.38. The minimum Gasteiger partial charge on any atom is -0.381 e. The molecular weight excluding hydrogens is 338 g/mol. The number of nitrogens with zero attached hydrogens (tertiary/aromatic N) is 1. The first-order chi connectivity index (χ1) is 12.0. The Bertz CT molecular complexity index is 550. The Morgan fingerprint density at radius 1 is 1.04 bits per heavy atom. The SMILES string of the molecule is CC(C(=O)N1CCCC1CC1CCCCC1)S(=O)(=O)C1CCOCC1. The molecule has 3 rings (SSSR count). The molecule has 2 saturated heterocycles. The average Bonchev–Trinajstić information content (AvgIpc) is 3.10. The van der Waals surface area contributed by atoms with Crippen LogP contribution in [0.15, 0.2) is 0 Å². The summed E-state index contributed by atoms with van der Waals surface area (Å²) in [5.41, 5.74) is 0. The summed E-state index contributed by atoms with van der Waals surface area (Å²) >= 11 is 0. The Morgan fingerprint density at radius 3 is 2.40 bits per heavy atom. The van der Waals surface area contributed by atoms with Gasteiger partial charge in [-0.3, -0.25) is 4.79 Å². The zero-order chi connectivity index (χ0) is 17.9. The lowest BCUT2D eigenvalue weighted by Crippen LogP contribution is -2.47. The largest absolute Gasteiger partial charge is 0.381 e. The summed E-state index contributed by atoms with van der Waals surface area (Å²) in [6.45, 7) is 3.30. The lowest BCUT2D eigenvalue weighted by Gasteiger charge is -2.33. The van der Waals surface area contributed by atoms with Gasteiger partial charge in [0, 0.05) is 25.8 Å². The summed E-state index contributed by atoms with van der Waals surface area (Å²) in [5.74, 6) is 0.555. The third-order valence-corrected chi connectivity index (χ3v) is 9.05. The Hall–Kier alpha value is -0.620. The number of amides is 1. The molecule has 144 valence electrons. The van der Waals surface area contributed by atoms with Crippen molar-refractivity contribution in [3.05, 3.63) is 0 Å². The highest BCUT2D eigenvalue weighted by atomic mass is 32.2. The van der Waals surface area contributed by atoms with Gasteiger partial charge in [-0.1, -0.05) is 32.1 Å². The molecular formula is C19H33NO4S. The van der Waals surface area contributed by atoms with Crippen LogP contribution in [-0.2, 0) is 19.4 Å². The molecule has 2 aliphatic heterocycles. The first kappa shape index (κ1) is 19.2. The van der Waals surface area contributed by atoms with Crippen LogP contribution in [0.3, 0.4) is 0 Å². The summed E-state index contributed by atoms with van der Waals surface area (Å²) < 4.78 is 31.0. The van der Waals surface area contributed by atoms with Crippen molar-refractivity contribution in [2.75, 3.05) is 19.8 Å². The fourth-order valence-electron chi connectivity index (χ4n) is 4.85. The quantitative estimate of drug-likeness (QED) is 0.745. The first-order valence-corrected chi connectivity index (χ1v) is 11.7. The van der Waals surface area contributed by atoms with Gasteiger partial charge >= 0.3 is 0 Å². The Balaban J connectivity index is 1.63. The molecule has 0 spiro atoms. The van der Waals surface area contributed by atoms with Gasteiger partial charge in [-0.05, 0) is 44.9 Å². The van der Waals surface area contributed by atoms with Crippen molar-refractivity contribution in [2.24, 2.45) is 5.92 Å². The molecule has 0 bridgehead atoms. The number of hydrogen-bond donors (Lipinski definition) is 0. The van der Waals surface area contributed by atoms with Crippen molar-refractivity contribution < 1.29 is 17.9 Å². The highest BCUT2D eigenvalue weighted by Gasteiger charge is 2.41. The molecule has 1 saturated carbocycles. The maximum Gasteiger partial charge on any atom is 0.240 e. The van der Waals surface area contributed by atoms with Crippen LogP contribution < -0.4 is 0 Å². The van der Waals surface area contributed by atoms with Crippen molar-refractivity contribution >= 4 is 15.7 Å². The predicted molar refractivity (Wildman–Crippen MR) is 98.1 cm³/mol. The molecule has 0 radical (unpaired) electrons. The standard InChI is InChI=1S/C19H33NO4S/c1-15(25(22,23)18-9-12-24-13-10-18)19(21)20-11-5-8-17(20)14-16-6-3-2-4-7-16/h15-18H,2-14H2,1H3. The molecule has 3 aliphatic rings. The van der Waals surface area contributed by atoms with Crippen LogP contribution in [0.2, 0.25) is 0 Å². The summed E-state index contributed by atoms with van der Waals surface area (Å²) in [6.07, 6.45) is 10.6. The zero-order valence-electron chi connectivity index (χ0n) is 15.5. The monoisotopic (exact) mass is 371 g/mol. The van der Waals surface area contributed by atoms with Crippen LogP contribution in [0.5, 0.6) is 0 Å². The molecule has 6 heteroatoms. The van der Waals surface area contributed by atoms with E-state index in [0.717, 1.165) is 31.7 Å². The van der Waals surface area contributed by atoms with E-state index in [-0.39, 0.29) is 11.9 Å². The molecule has 0 aromatic heterocycles. The molecule has 3 fully saturated rings. The molecule has 25 heavy (non-hydrogen) atoms. The second kappa shape index (κ2) is 8.38. The summed E-state index contributed by atoms with van der Waals surface area (Å²) in [6, 6.07) is 0.253. The van der Waals surface area contributed by atoms with Crippen LogP contribution in [0.4, 0.5) is 0 Å². The van der Waals surface area contributed by atoms with Crippen molar-refractivity contribution in [2.45, 2.75) is 87.7 Å². The number of likely N-dealkylation sites (tertiary alicyclic amines) is 1. The number of ether oxygens (including phenoxy) is 1. The van der Waals surface area contributed by atoms with Crippen molar-refractivity contribution in [1.82, 2.24) is 4.90 Å². The zero-order valence-corrected chi connectivity index (χ0v) is 16.3. The van der Waals surface area contributed by atoms with E-state index < -0.39 is 20.3 Å². The number of carbonyl (C=O) groups is 1. The van der Waals surface area contributed by atoms with E-state index >= 15 is 0 Å². The van der Waals surface area contributed by atoms with Gasteiger partial charge in [0.2, 0.25) is 5.91 Å². The Morgan fingerprint density at radius 2 is 1.72 bits per heavy atom. The van der Waals surface area contributed by atoms with Crippen molar-refractivity contribution in [3.8, 4) is 0 Å². The molecule has 1 amide bonds. The molecule has 1 aliphatic carbocycles. The molecule has 0 aromatic carbocycles. The second-order valence-electron chi connectivity index (χ2n) is 8.11. The van der Waals surface area contributed by atoms with Gasteiger partial charge in [0.1, 0.15) is 5.25 Å². The van der Waals surface area contributed by atoms with Crippen LogP contribution in [-0.4, -0.2) is 55.5 Å². The predicted octanol–water partition coefficient (Wildman–Crippen LogP) is 2.93. The highest BCUT2D eigenvalue weighted by molar-refractivity contribution is 7.93. The fourth-order valence-corrected chi connectivity index (χ4v) is 6.69. The maximum atomic E-state index is 13.0. The summed E-state index contributed by atoms with van der Waals surface area (Å²) in [7, 11) is -3.43. The first-order valence-electron chi connectivity index (χ1n) is 10.1. The van der Waals surface area contributed by atoms with E-state index in [1.54, 1.807) is 6.92 Å². The molecule has 0 N–H and O–H groups in total. The summed E-state index contributed by atoms with van der Waals surface area (Å²) in [4.78, 5) is 14.9. The number of hydrogen-bond acceptors (Lipinski definition) is 4. The van der Waals surface area contributed by atoms with Crippen molar-refractivity contribution in [3.63, 3.8) is 0 Å². The normalized spacial score (nSPS) is 28.2. The van der Waals surface area contributed by atoms with E-state index in [9.17, 15) is 13.2 Å². The molecule has 5 nitrogen and oxygen atoms in total. The lowest BCUT2D eigenvalue weighted by atomic mass is 9.84. The van der Waals surface area contributed by atoms with Gasteiger partial charge in [-0.15, -0.1) is 0 Å². The van der Waals surface area contributed by atoms with Gasteiger partial charge in [0.05, 0.1) is 5.25 Å². The summed E-state index contributed by atoms with van der Waals surface area (Å²) in [5, 5.41) is -1.33. The van der Waals surface area contributed by atoms with E-state index in [1.807, 2.05) is 4.90 Å². The van der Waals surface area contributed by atoms with Gasteiger partial charge in [0.15, 0.2) is 9.84 Å².